The molecule has 36 heavy (non-hydrogen) atoms. The number of nitrogens with zero attached hydrogens (tertiary/aromatic N) is 2. The quantitative estimate of drug-likeness (QED) is 0.357. The molecule has 9 nitrogen and oxygen atoms in total. The van der Waals surface area contributed by atoms with E-state index in [9.17, 15) is 18.0 Å². The normalized spacial score (nSPS) is 12.5. The van der Waals surface area contributed by atoms with Crippen LogP contribution in [0.1, 0.15) is 40.1 Å². The van der Waals surface area contributed by atoms with E-state index < -0.39 is 22.0 Å². The molecule has 1 aromatic carbocycles. The second-order valence-corrected chi connectivity index (χ2v) is 10.9. The van der Waals surface area contributed by atoms with Crippen molar-refractivity contribution in [2.45, 2.75) is 26.8 Å². The number of nitrogens with one attached hydrogen (secondary N) is 2. The van der Waals surface area contributed by atoms with Crippen molar-refractivity contribution in [3.8, 4) is 11.3 Å². The summed E-state index contributed by atoms with van der Waals surface area (Å²) in [7, 11) is -1.93. The number of anilines is 1. The van der Waals surface area contributed by atoms with E-state index in [2.05, 4.69) is 10.3 Å². The molecule has 0 aliphatic heterocycles. The van der Waals surface area contributed by atoms with Gasteiger partial charge in [-0.2, -0.15) is 0 Å². The number of carbonyl (C=O) groups is 1. The van der Waals surface area contributed by atoms with Crippen molar-refractivity contribution < 1.29 is 17.6 Å². The second kappa shape index (κ2) is 9.44. The van der Waals surface area contributed by atoms with Gasteiger partial charge in [-0.3, -0.25) is 9.59 Å². The van der Waals surface area contributed by atoms with Crippen LogP contribution in [0.2, 0.25) is 5.15 Å². The van der Waals surface area contributed by atoms with E-state index in [1.165, 1.54) is 12.1 Å². The Labute approximate surface area is 213 Å². The molecule has 0 spiro atoms. The average molecular weight is 529 g/mol. The number of hydrogen-bond acceptors (Lipinski definition) is 7. The van der Waals surface area contributed by atoms with Gasteiger partial charge in [-0.15, -0.1) is 0 Å². The number of fused-ring (bicyclic) bond motifs is 1. The summed E-state index contributed by atoms with van der Waals surface area (Å²) in [6.07, 6.45) is 4.62. The Kier molecular flexibility index (Phi) is 6.68. The first-order chi connectivity index (χ1) is 16.8. The fraction of sp³-hybridized carbons (Fsp3) is 0.240. The van der Waals surface area contributed by atoms with Crippen LogP contribution in [0.5, 0.6) is 0 Å². The maximum absolute atomic E-state index is 13.3. The van der Waals surface area contributed by atoms with Gasteiger partial charge in [0.1, 0.15) is 16.5 Å². The lowest BCUT2D eigenvalue weighted by Gasteiger charge is -2.20. The van der Waals surface area contributed by atoms with Crippen LogP contribution in [0.15, 0.2) is 51.9 Å². The summed E-state index contributed by atoms with van der Waals surface area (Å²) in [5.74, 6) is -0.441. The summed E-state index contributed by atoms with van der Waals surface area (Å²) in [6.45, 7) is 5.46. The molecule has 188 valence electrons. The topological polar surface area (TPSA) is 123 Å². The largest absolute Gasteiger partial charge is 0.455 e. The highest BCUT2D eigenvalue weighted by Gasteiger charge is 2.22. The Bertz CT molecular complexity index is 1670. The van der Waals surface area contributed by atoms with E-state index in [0.717, 1.165) is 17.4 Å². The minimum atomic E-state index is -3.82. The summed E-state index contributed by atoms with van der Waals surface area (Å²) in [5.41, 5.74) is 3.20. The van der Waals surface area contributed by atoms with Gasteiger partial charge in [-0.25, -0.2) is 18.1 Å². The van der Waals surface area contributed by atoms with Gasteiger partial charge in [0, 0.05) is 36.1 Å². The van der Waals surface area contributed by atoms with Crippen molar-refractivity contribution in [3.63, 3.8) is 0 Å². The van der Waals surface area contributed by atoms with Crippen LogP contribution in [0, 0.1) is 13.8 Å². The average Bonchev–Trinajstić information content (AvgIpc) is 3.22. The Morgan fingerprint density at radius 2 is 1.92 bits per heavy atom. The SMILES string of the molecule is Cc1cc(C(C)Nc2ccc(Cl)nc2C(=O)NS(C)(=O)=O)c2oc(-c3ccn(C)c3)c(C)c(=O)c2c1. The third-order valence-corrected chi connectivity index (χ3v) is 6.45. The third-order valence-electron chi connectivity index (χ3n) is 5.68. The molecule has 0 bridgehead atoms. The molecule has 0 aliphatic rings. The molecular weight excluding hydrogens is 504 g/mol. The predicted molar refractivity (Wildman–Crippen MR) is 140 cm³/mol. The molecule has 3 heterocycles. The van der Waals surface area contributed by atoms with Gasteiger partial charge in [0.05, 0.1) is 23.4 Å². The van der Waals surface area contributed by atoms with E-state index >= 15 is 0 Å². The number of rotatable bonds is 6. The maximum Gasteiger partial charge on any atom is 0.285 e. The molecule has 0 aliphatic carbocycles. The first-order valence-electron chi connectivity index (χ1n) is 11.0. The highest BCUT2D eigenvalue weighted by Crippen LogP contribution is 2.32. The minimum Gasteiger partial charge on any atom is -0.455 e. The summed E-state index contributed by atoms with van der Waals surface area (Å²) < 4.78 is 33.3. The van der Waals surface area contributed by atoms with Crippen molar-refractivity contribution in [1.82, 2.24) is 14.3 Å². The summed E-state index contributed by atoms with van der Waals surface area (Å²) in [4.78, 5) is 29.9. The highest BCUT2D eigenvalue weighted by molar-refractivity contribution is 7.89. The van der Waals surface area contributed by atoms with Gasteiger partial charge in [-0.1, -0.05) is 17.7 Å². The number of pyridine rings is 1. The van der Waals surface area contributed by atoms with Crippen LogP contribution in [0.3, 0.4) is 0 Å². The fourth-order valence-corrected chi connectivity index (χ4v) is 4.64. The molecule has 2 N–H and O–H groups in total. The highest BCUT2D eigenvalue weighted by atomic mass is 35.5. The molecule has 0 fully saturated rings. The number of halogens is 1. The molecule has 0 saturated heterocycles. The lowest BCUT2D eigenvalue weighted by atomic mass is 9.99. The van der Waals surface area contributed by atoms with Gasteiger partial charge in [0.2, 0.25) is 10.0 Å². The van der Waals surface area contributed by atoms with Crippen LogP contribution < -0.4 is 15.5 Å². The number of aromatic nitrogens is 2. The number of carbonyl (C=O) groups excluding carboxylic acids is 1. The van der Waals surface area contributed by atoms with E-state index in [0.29, 0.717) is 27.9 Å². The molecule has 0 saturated carbocycles. The van der Waals surface area contributed by atoms with Crippen LogP contribution in [0.4, 0.5) is 5.69 Å². The van der Waals surface area contributed by atoms with Gasteiger partial charge < -0.3 is 14.3 Å². The lowest BCUT2D eigenvalue weighted by molar-refractivity contribution is 0.0977. The lowest BCUT2D eigenvalue weighted by Crippen LogP contribution is -2.31. The molecule has 3 aromatic heterocycles. The van der Waals surface area contributed by atoms with Gasteiger partial charge in [-0.05, 0) is 50.6 Å². The monoisotopic (exact) mass is 528 g/mol. The van der Waals surface area contributed by atoms with E-state index in [-0.39, 0.29) is 22.0 Å². The van der Waals surface area contributed by atoms with Crippen molar-refractivity contribution in [3.05, 3.63) is 80.5 Å². The predicted octanol–water partition coefficient (Wildman–Crippen LogP) is 4.33. The zero-order valence-corrected chi connectivity index (χ0v) is 21.9. The van der Waals surface area contributed by atoms with Crippen LogP contribution in [-0.4, -0.2) is 30.1 Å². The number of hydrogen-bond donors (Lipinski definition) is 2. The van der Waals surface area contributed by atoms with Crippen LogP contribution >= 0.6 is 11.6 Å². The third kappa shape index (κ3) is 5.14. The molecule has 4 rings (SSSR count). The van der Waals surface area contributed by atoms with Gasteiger partial charge in [0.25, 0.3) is 5.91 Å². The molecule has 4 aromatic rings. The number of benzene rings is 1. The Hall–Kier alpha value is -3.63. The number of amides is 1. The van der Waals surface area contributed by atoms with Crippen molar-refractivity contribution >= 4 is 44.2 Å². The van der Waals surface area contributed by atoms with Crippen molar-refractivity contribution in [2.75, 3.05) is 11.6 Å². The Morgan fingerprint density at radius 1 is 1.19 bits per heavy atom. The zero-order chi connectivity index (χ0) is 26.4. The molecular formula is C25H25ClN4O5S. The Balaban J connectivity index is 1.83. The van der Waals surface area contributed by atoms with E-state index in [1.54, 1.807) is 13.0 Å². The van der Waals surface area contributed by atoms with Gasteiger partial charge >= 0.3 is 0 Å². The minimum absolute atomic E-state index is 0.0295. The Morgan fingerprint density at radius 3 is 2.56 bits per heavy atom. The first kappa shape index (κ1) is 25.5. The summed E-state index contributed by atoms with van der Waals surface area (Å²) in [5, 5.41) is 3.67. The summed E-state index contributed by atoms with van der Waals surface area (Å²) in [6, 6.07) is 8.12. The fourth-order valence-electron chi connectivity index (χ4n) is 4.05. The van der Waals surface area contributed by atoms with E-state index in [4.69, 9.17) is 16.0 Å². The zero-order valence-electron chi connectivity index (χ0n) is 20.3. The molecule has 1 unspecified atom stereocenters. The summed E-state index contributed by atoms with van der Waals surface area (Å²) >= 11 is 5.97. The van der Waals surface area contributed by atoms with Crippen LogP contribution in [-0.2, 0) is 17.1 Å². The molecule has 1 amide bonds. The van der Waals surface area contributed by atoms with Crippen LogP contribution in [0.25, 0.3) is 22.3 Å². The molecule has 1 atom stereocenters. The van der Waals surface area contributed by atoms with Crippen molar-refractivity contribution in [1.29, 1.82) is 0 Å². The van der Waals surface area contributed by atoms with Crippen molar-refractivity contribution in [2.24, 2.45) is 7.05 Å². The maximum atomic E-state index is 13.3. The number of sulfonamides is 1. The van der Waals surface area contributed by atoms with Gasteiger partial charge in [0.15, 0.2) is 11.1 Å². The van der Waals surface area contributed by atoms with E-state index in [1.807, 2.05) is 54.7 Å². The number of aryl methyl sites for hydroxylation is 2. The standard InChI is InChI=1S/C25H25ClN4O5S/c1-13-10-17(15(3)27-19-6-7-20(26)28-21(19)25(32)29-36(5,33)34)24-18(11-13)22(31)14(2)23(35-24)16-8-9-30(4)12-16/h6-12,15,27H,1-5H3,(H,29,32). The smallest absolute Gasteiger partial charge is 0.285 e. The molecule has 0 radical (unpaired) electrons. The second-order valence-electron chi connectivity index (χ2n) is 8.78. The molecule has 11 heteroatoms. The first-order valence-corrected chi connectivity index (χ1v) is 13.3.